The van der Waals surface area contributed by atoms with Gasteiger partial charge in [-0.3, -0.25) is 9.20 Å². The second kappa shape index (κ2) is 7.11. The molecule has 29 heavy (non-hydrogen) atoms. The van der Waals surface area contributed by atoms with E-state index in [-0.39, 0.29) is 12.5 Å². The molecule has 0 aliphatic rings. The Labute approximate surface area is 171 Å². The molecule has 5 rings (SSSR count). The van der Waals surface area contributed by atoms with Gasteiger partial charge >= 0.3 is 5.69 Å². The van der Waals surface area contributed by atoms with Crippen molar-refractivity contribution < 1.29 is 4.79 Å². The van der Waals surface area contributed by atoms with Crippen LogP contribution in [-0.4, -0.2) is 35.1 Å². The summed E-state index contributed by atoms with van der Waals surface area (Å²) in [5, 5.41) is 14.8. The van der Waals surface area contributed by atoms with Gasteiger partial charge in [-0.15, -0.1) is 22.7 Å². The molecule has 0 aliphatic carbocycles. The third kappa shape index (κ3) is 3.37. The van der Waals surface area contributed by atoms with Crippen LogP contribution in [0.5, 0.6) is 0 Å². The van der Waals surface area contributed by atoms with Gasteiger partial charge in [0.25, 0.3) is 0 Å². The van der Waals surface area contributed by atoms with Crippen LogP contribution in [0.2, 0.25) is 0 Å². The lowest BCUT2D eigenvalue weighted by molar-refractivity contribution is -0.117. The van der Waals surface area contributed by atoms with Gasteiger partial charge in [-0.25, -0.2) is 9.78 Å². The molecule has 4 aromatic heterocycles. The largest absolute Gasteiger partial charge is 0.369 e. The van der Waals surface area contributed by atoms with E-state index in [1.165, 1.54) is 16.0 Å². The zero-order valence-corrected chi connectivity index (χ0v) is 16.4. The maximum Gasteiger partial charge on any atom is 0.369 e. The standard InChI is InChI=1S/C18H13N7O2S2/c26-15(11-24-18(27)25(22-21-24)16-2-1-8-28-16)19-13-5-3-12(4-6-13)14-10-23-7-9-29-17(23)20-14/h1-10H,11H2,(H,19,26). The molecule has 9 nitrogen and oxygen atoms in total. The molecule has 0 unspecified atom stereocenters. The Kier molecular flexibility index (Phi) is 4.30. The number of hydrogen-bond donors (Lipinski definition) is 1. The van der Waals surface area contributed by atoms with E-state index in [0.29, 0.717) is 10.7 Å². The monoisotopic (exact) mass is 423 g/mol. The first-order chi connectivity index (χ1) is 14.2. The van der Waals surface area contributed by atoms with Crippen molar-refractivity contribution >= 4 is 39.2 Å². The van der Waals surface area contributed by atoms with Crippen LogP contribution in [0.3, 0.4) is 0 Å². The number of aromatic nitrogens is 6. The van der Waals surface area contributed by atoms with Crippen molar-refractivity contribution in [2.45, 2.75) is 6.54 Å². The summed E-state index contributed by atoms with van der Waals surface area (Å²) < 4.78 is 4.17. The zero-order chi connectivity index (χ0) is 19.8. The molecule has 1 aromatic carbocycles. The molecule has 0 aliphatic heterocycles. The SMILES string of the molecule is O=C(Cn1nnn(-c2cccs2)c1=O)Nc1ccc(-c2cn3ccsc3n2)cc1. The Bertz CT molecular complexity index is 1310. The number of tetrazole rings is 1. The molecule has 0 bridgehead atoms. The van der Waals surface area contributed by atoms with Gasteiger partial charge in [-0.05, 0) is 40.1 Å². The predicted octanol–water partition coefficient (Wildman–Crippen LogP) is 2.51. The van der Waals surface area contributed by atoms with Crippen molar-refractivity contribution in [2.75, 3.05) is 5.32 Å². The molecule has 0 atom stereocenters. The van der Waals surface area contributed by atoms with Crippen LogP contribution in [0.1, 0.15) is 0 Å². The van der Waals surface area contributed by atoms with Gasteiger partial charge in [-0.2, -0.15) is 9.36 Å². The highest BCUT2D eigenvalue weighted by molar-refractivity contribution is 7.15. The van der Waals surface area contributed by atoms with E-state index >= 15 is 0 Å². The number of fused-ring (bicyclic) bond motifs is 1. The average Bonchev–Trinajstić information content (AvgIpc) is 3.47. The molecule has 11 heteroatoms. The number of nitrogens with zero attached hydrogens (tertiary/aromatic N) is 6. The van der Waals surface area contributed by atoms with Crippen LogP contribution >= 0.6 is 22.7 Å². The van der Waals surface area contributed by atoms with Gasteiger partial charge in [0.15, 0.2) is 4.96 Å². The molecule has 144 valence electrons. The lowest BCUT2D eigenvalue weighted by atomic mass is 10.1. The van der Waals surface area contributed by atoms with E-state index in [1.54, 1.807) is 29.5 Å². The fourth-order valence-corrected chi connectivity index (χ4v) is 4.20. The average molecular weight is 423 g/mol. The van der Waals surface area contributed by atoms with Crippen LogP contribution in [0, 0.1) is 0 Å². The number of imidazole rings is 1. The molecule has 1 N–H and O–H groups in total. The minimum absolute atomic E-state index is 0.219. The van der Waals surface area contributed by atoms with E-state index in [1.807, 2.05) is 45.8 Å². The van der Waals surface area contributed by atoms with Crippen LogP contribution in [0.25, 0.3) is 21.2 Å². The number of nitrogens with one attached hydrogen (secondary N) is 1. The number of thiazole rings is 1. The molecule has 1 amide bonds. The number of carbonyl (C=O) groups is 1. The highest BCUT2D eigenvalue weighted by Gasteiger charge is 2.13. The van der Waals surface area contributed by atoms with E-state index in [9.17, 15) is 9.59 Å². The van der Waals surface area contributed by atoms with Crippen molar-refractivity contribution in [3.63, 3.8) is 0 Å². The summed E-state index contributed by atoms with van der Waals surface area (Å²) in [6.45, 7) is -0.219. The molecule has 5 aromatic rings. The molecule has 0 spiro atoms. The van der Waals surface area contributed by atoms with Crippen molar-refractivity contribution in [1.29, 1.82) is 0 Å². The number of benzene rings is 1. The molecular weight excluding hydrogens is 410 g/mol. The molecule has 0 saturated heterocycles. The Morgan fingerprint density at radius 2 is 1.93 bits per heavy atom. The minimum atomic E-state index is -0.460. The van der Waals surface area contributed by atoms with Gasteiger partial charge in [0.05, 0.1) is 5.69 Å². The summed E-state index contributed by atoms with van der Waals surface area (Å²) in [5.74, 6) is -0.361. The van der Waals surface area contributed by atoms with Crippen LogP contribution in [0.4, 0.5) is 5.69 Å². The first-order valence-electron chi connectivity index (χ1n) is 8.56. The van der Waals surface area contributed by atoms with Crippen LogP contribution < -0.4 is 11.0 Å². The Balaban J connectivity index is 1.27. The maximum absolute atomic E-state index is 12.3. The van der Waals surface area contributed by atoms with Gasteiger partial charge in [-0.1, -0.05) is 12.1 Å². The number of hydrogen-bond acceptors (Lipinski definition) is 7. The third-order valence-electron chi connectivity index (χ3n) is 4.21. The van der Waals surface area contributed by atoms with Gasteiger partial charge in [0.1, 0.15) is 11.5 Å². The van der Waals surface area contributed by atoms with Gasteiger partial charge in [0.2, 0.25) is 5.91 Å². The quantitative estimate of drug-likeness (QED) is 0.468. The Morgan fingerprint density at radius 1 is 1.07 bits per heavy atom. The predicted molar refractivity (Wildman–Crippen MR) is 111 cm³/mol. The van der Waals surface area contributed by atoms with E-state index in [2.05, 4.69) is 20.7 Å². The number of carbonyl (C=O) groups excluding carboxylic acids is 1. The molecule has 0 radical (unpaired) electrons. The van der Waals surface area contributed by atoms with Crippen molar-refractivity contribution in [1.82, 2.24) is 29.2 Å². The maximum atomic E-state index is 12.3. The fourth-order valence-electron chi connectivity index (χ4n) is 2.83. The highest BCUT2D eigenvalue weighted by Crippen LogP contribution is 2.23. The summed E-state index contributed by atoms with van der Waals surface area (Å²) in [6.07, 6.45) is 3.92. The van der Waals surface area contributed by atoms with Crippen molar-refractivity contribution in [3.05, 3.63) is 70.0 Å². The van der Waals surface area contributed by atoms with E-state index < -0.39 is 5.69 Å². The van der Waals surface area contributed by atoms with Crippen molar-refractivity contribution in [2.24, 2.45) is 0 Å². The molecule has 4 heterocycles. The summed E-state index contributed by atoms with van der Waals surface area (Å²) >= 11 is 2.94. The molecular formula is C18H13N7O2S2. The summed E-state index contributed by atoms with van der Waals surface area (Å²) in [5.41, 5.74) is 1.98. The number of thiophene rings is 1. The zero-order valence-electron chi connectivity index (χ0n) is 14.8. The first-order valence-corrected chi connectivity index (χ1v) is 10.3. The van der Waals surface area contributed by atoms with Crippen molar-refractivity contribution in [3.8, 4) is 16.3 Å². The van der Waals surface area contributed by atoms with E-state index in [4.69, 9.17) is 0 Å². The Hall–Kier alpha value is -3.57. The topological polar surface area (TPSA) is 99.1 Å². The smallest absolute Gasteiger partial charge is 0.324 e. The second-order valence-corrected chi connectivity index (χ2v) is 7.93. The van der Waals surface area contributed by atoms with Crippen LogP contribution in [0.15, 0.2) is 64.3 Å². The molecule has 0 fully saturated rings. The summed E-state index contributed by atoms with van der Waals surface area (Å²) in [4.78, 5) is 30.1. The second-order valence-electron chi connectivity index (χ2n) is 6.13. The first kappa shape index (κ1) is 17.5. The number of rotatable bonds is 5. The molecule has 0 saturated carbocycles. The van der Waals surface area contributed by atoms with Crippen LogP contribution in [-0.2, 0) is 11.3 Å². The lowest BCUT2D eigenvalue weighted by Gasteiger charge is -2.05. The van der Waals surface area contributed by atoms with Gasteiger partial charge < -0.3 is 5.32 Å². The Morgan fingerprint density at radius 3 is 2.69 bits per heavy atom. The number of amides is 1. The summed E-state index contributed by atoms with van der Waals surface area (Å²) in [6, 6.07) is 11.0. The highest BCUT2D eigenvalue weighted by atomic mass is 32.1. The van der Waals surface area contributed by atoms with E-state index in [0.717, 1.165) is 20.9 Å². The third-order valence-corrected chi connectivity index (χ3v) is 5.82. The van der Waals surface area contributed by atoms with Gasteiger partial charge in [0, 0.05) is 29.0 Å². The lowest BCUT2D eigenvalue weighted by Crippen LogP contribution is -2.29. The normalized spacial score (nSPS) is 11.2. The minimum Gasteiger partial charge on any atom is -0.324 e. The fraction of sp³-hybridized carbons (Fsp3) is 0.0556. The summed E-state index contributed by atoms with van der Waals surface area (Å²) in [7, 11) is 0. The number of anilines is 1.